The second kappa shape index (κ2) is 5.19. The van der Waals surface area contributed by atoms with Gasteiger partial charge in [0.25, 0.3) is 0 Å². The van der Waals surface area contributed by atoms with Gasteiger partial charge in [-0.2, -0.15) is 0 Å². The van der Waals surface area contributed by atoms with Gasteiger partial charge in [0, 0.05) is 5.56 Å². The highest BCUT2D eigenvalue weighted by Crippen LogP contribution is 2.26. The number of hydrogen-bond donors (Lipinski definition) is 1. The van der Waals surface area contributed by atoms with Gasteiger partial charge in [0.05, 0.1) is 19.8 Å². The summed E-state index contributed by atoms with van der Waals surface area (Å²) in [6, 6.07) is 7.19. The van der Waals surface area contributed by atoms with Gasteiger partial charge in [-0.05, 0) is 12.1 Å². The molecule has 0 bridgehead atoms. The molecule has 1 aromatic rings. The smallest absolute Gasteiger partial charge is 0.185 e. The third-order valence-corrected chi connectivity index (χ3v) is 2.65. The van der Waals surface area contributed by atoms with Crippen LogP contribution in [0.3, 0.4) is 0 Å². The van der Waals surface area contributed by atoms with Crippen molar-refractivity contribution in [1.29, 1.82) is 0 Å². The van der Waals surface area contributed by atoms with Crippen LogP contribution >= 0.6 is 0 Å². The molecule has 2 N–H and O–H groups in total. The summed E-state index contributed by atoms with van der Waals surface area (Å²) >= 11 is 0. The van der Waals surface area contributed by atoms with Crippen molar-refractivity contribution in [3.05, 3.63) is 29.8 Å². The quantitative estimate of drug-likeness (QED) is 0.776. The van der Waals surface area contributed by atoms with Crippen molar-refractivity contribution in [1.82, 2.24) is 0 Å². The molecule has 1 fully saturated rings. The Morgan fingerprint density at radius 3 is 2.71 bits per heavy atom. The standard InChI is InChI=1S/C13H15NO3/c1-3-12-11(14)8-16-13(17-12)9-4-6-10(15-2)7-5-9/h1,4-7,11-13H,8,14H2,2H3/t11-,12?,13?/m0/s1. The number of terminal acetylenes is 1. The Morgan fingerprint density at radius 2 is 2.12 bits per heavy atom. The van der Waals surface area contributed by atoms with Gasteiger partial charge in [0.1, 0.15) is 11.9 Å². The third kappa shape index (κ3) is 2.59. The fraction of sp³-hybridized carbons (Fsp3) is 0.385. The molecule has 1 heterocycles. The van der Waals surface area contributed by atoms with Gasteiger partial charge in [0.15, 0.2) is 6.29 Å². The molecule has 4 heteroatoms. The summed E-state index contributed by atoms with van der Waals surface area (Å²) in [4.78, 5) is 0. The maximum Gasteiger partial charge on any atom is 0.185 e. The van der Waals surface area contributed by atoms with Crippen LogP contribution in [0.4, 0.5) is 0 Å². The minimum Gasteiger partial charge on any atom is -0.497 e. The van der Waals surface area contributed by atoms with Crippen molar-refractivity contribution >= 4 is 0 Å². The Hall–Kier alpha value is -1.54. The molecule has 3 atom stereocenters. The van der Waals surface area contributed by atoms with Gasteiger partial charge < -0.3 is 19.9 Å². The molecule has 0 aromatic heterocycles. The molecule has 1 aliphatic rings. The van der Waals surface area contributed by atoms with E-state index in [0.29, 0.717) is 6.61 Å². The summed E-state index contributed by atoms with van der Waals surface area (Å²) in [7, 11) is 1.62. The average Bonchev–Trinajstić information content (AvgIpc) is 2.39. The van der Waals surface area contributed by atoms with E-state index in [0.717, 1.165) is 11.3 Å². The predicted molar refractivity (Wildman–Crippen MR) is 63.4 cm³/mol. The van der Waals surface area contributed by atoms with E-state index >= 15 is 0 Å². The normalized spacial score (nSPS) is 28.4. The summed E-state index contributed by atoms with van der Waals surface area (Å²) in [5.41, 5.74) is 6.66. The predicted octanol–water partition coefficient (Wildman–Crippen LogP) is 1.07. The summed E-state index contributed by atoms with van der Waals surface area (Å²) in [5, 5.41) is 0. The number of nitrogens with two attached hydrogens (primary N) is 1. The Bertz CT molecular complexity index is 410. The van der Waals surface area contributed by atoms with Crippen LogP contribution < -0.4 is 10.5 Å². The topological polar surface area (TPSA) is 53.7 Å². The second-order valence-corrected chi connectivity index (χ2v) is 3.83. The molecule has 1 saturated heterocycles. The first-order chi connectivity index (χ1) is 8.24. The van der Waals surface area contributed by atoms with Crippen molar-refractivity contribution in [2.24, 2.45) is 5.73 Å². The average molecular weight is 233 g/mol. The van der Waals surface area contributed by atoms with E-state index in [1.54, 1.807) is 7.11 Å². The second-order valence-electron chi connectivity index (χ2n) is 3.83. The molecular weight excluding hydrogens is 218 g/mol. The van der Waals surface area contributed by atoms with Crippen molar-refractivity contribution in [2.45, 2.75) is 18.4 Å². The summed E-state index contributed by atoms with van der Waals surface area (Å²) in [6.45, 7) is 0.394. The molecule has 90 valence electrons. The van der Waals surface area contributed by atoms with Crippen molar-refractivity contribution < 1.29 is 14.2 Å². The minimum atomic E-state index is -0.457. The van der Waals surface area contributed by atoms with E-state index in [1.165, 1.54) is 0 Å². The van der Waals surface area contributed by atoms with Gasteiger partial charge in [-0.1, -0.05) is 18.1 Å². The molecule has 2 unspecified atom stereocenters. The molecule has 0 saturated carbocycles. The van der Waals surface area contributed by atoms with E-state index in [4.69, 9.17) is 26.4 Å². The van der Waals surface area contributed by atoms with Crippen molar-refractivity contribution in [2.75, 3.05) is 13.7 Å². The first-order valence-corrected chi connectivity index (χ1v) is 5.37. The molecular formula is C13H15NO3. The lowest BCUT2D eigenvalue weighted by molar-refractivity contribution is -0.209. The molecule has 0 aliphatic carbocycles. The molecule has 4 nitrogen and oxygen atoms in total. The number of benzene rings is 1. The molecule has 0 spiro atoms. The molecule has 0 radical (unpaired) electrons. The molecule has 1 aliphatic heterocycles. The highest BCUT2D eigenvalue weighted by molar-refractivity contribution is 5.28. The highest BCUT2D eigenvalue weighted by atomic mass is 16.7. The van der Waals surface area contributed by atoms with Gasteiger partial charge in [-0.15, -0.1) is 6.42 Å². The van der Waals surface area contributed by atoms with E-state index in [9.17, 15) is 0 Å². The van der Waals surface area contributed by atoms with Gasteiger partial charge in [-0.25, -0.2) is 0 Å². The van der Waals surface area contributed by atoms with Crippen LogP contribution in [-0.2, 0) is 9.47 Å². The van der Waals surface area contributed by atoms with Crippen LogP contribution in [0.2, 0.25) is 0 Å². The first kappa shape index (κ1) is 11.9. The van der Waals surface area contributed by atoms with Crippen molar-refractivity contribution in [3.63, 3.8) is 0 Å². The maximum atomic E-state index is 5.76. The third-order valence-electron chi connectivity index (χ3n) is 2.65. The zero-order chi connectivity index (χ0) is 12.3. The summed E-state index contributed by atoms with van der Waals surface area (Å²) in [6.07, 6.45) is 4.49. The lowest BCUT2D eigenvalue weighted by Gasteiger charge is -2.32. The molecule has 2 rings (SSSR count). The summed E-state index contributed by atoms with van der Waals surface area (Å²) in [5.74, 6) is 3.31. The van der Waals surface area contributed by atoms with Crippen LogP contribution in [0, 0.1) is 12.3 Å². The summed E-state index contributed by atoms with van der Waals surface area (Å²) < 4.78 is 16.2. The van der Waals surface area contributed by atoms with Crippen LogP contribution in [0.15, 0.2) is 24.3 Å². The number of hydrogen-bond acceptors (Lipinski definition) is 4. The van der Waals surface area contributed by atoms with Crippen molar-refractivity contribution in [3.8, 4) is 18.1 Å². The zero-order valence-corrected chi connectivity index (χ0v) is 9.63. The Kier molecular flexibility index (Phi) is 3.64. The monoisotopic (exact) mass is 233 g/mol. The van der Waals surface area contributed by atoms with Crippen LogP contribution in [0.5, 0.6) is 5.75 Å². The molecule has 0 amide bonds. The SMILES string of the molecule is C#CC1OC(c2ccc(OC)cc2)OC[C@@H]1N. The lowest BCUT2D eigenvalue weighted by atomic mass is 10.1. The maximum absolute atomic E-state index is 5.76. The first-order valence-electron chi connectivity index (χ1n) is 5.37. The van der Waals surface area contributed by atoms with Gasteiger partial charge in [0.2, 0.25) is 0 Å². The largest absolute Gasteiger partial charge is 0.497 e. The molecule has 1 aromatic carbocycles. The van der Waals surface area contributed by atoms with Crippen LogP contribution in [0.1, 0.15) is 11.9 Å². The Morgan fingerprint density at radius 1 is 1.41 bits per heavy atom. The van der Waals surface area contributed by atoms with Gasteiger partial charge >= 0.3 is 0 Å². The Balaban J connectivity index is 2.09. The minimum absolute atomic E-state index is 0.269. The Labute approximate surface area is 101 Å². The van der Waals surface area contributed by atoms with Crippen LogP contribution in [0.25, 0.3) is 0 Å². The zero-order valence-electron chi connectivity index (χ0n) is 9.63. The van der Waals surface area contributed by atoms with Crippen LogP contribution in [-0.4, -0.2) is 25.9 Å². The van der Waals surface area contributed by atoms with E-state index in [1.807, 2.05) is 24.3 Å². The number of rotatable bonds is 2. The van der Waals surface area contributed by atoms with Gasteiger partial charge in [-0.3, -0.25) is 0 Å². The van der Waals surface area contributed by atoms with E-state index < -0.39 is 12.4 Å². The molecule has 17 heavy (non-hydrogen) atoms. The number of methoxy groups -OCH3 is 1. The highest BCUT2D eigenvalue weighted by Gasteiger charge is 2.28. The number of ether oxygens (including phenoxy) is 3. The van der Waals surface area contributed by atoms with E-state index in [2.05, 4.69) is 5.92 Å². The lowest BCUT2D eigenvalue weighted by Crippen LogP contribution is -2.45. The van der Waals surface area contributed by atoms with E-state index in [-0.39, 0.29) is 6.04 Å². The fourth-order valence-corrected chi connectivity index (χ4v) is 1.66. The fourth-order valence-electron chi connectivity index (χ4n) is 1.66.